The lowest BCUT2D eigenvalue weighted by atomic mass is 9.96. The zero-order valence-corrected chi connectivity index (χ0v) is 21.8. The quantitative estimate of drug-likeness (QED) is 0.271. The van der Waals surface area contributed by atoms with Crippen LogP contribution in [-0.4, -0.2) is 40.8 Å². The monoisotopic (exact) mass is 575 g/mol. The number of nitrogens with one attached hydrogen (secondary N) is 2. The molecule has 0 heterocycles. The van der Waals surface area contributed by atoms with Crippen LogP contribution in [0, 0.1) is 5.82 Å². The predicted octanol–water partition coefficient (Wildman–Crippen LogP) is 3.78. The van der Waals surface area contributed by atoms with Crippen LogP contribution < -0.4 is 15.4 Å². The molecule has 1 aliphatic carbocycles. The first-order valence-corrected chi connectivity index (χ1v) is 12.4. The number of ether oxygens (including phenoxy) is 1. The second kappa shape index (κ2) is 11.3. The largest absolute Gasteiger partial charge is 0.497 e. The average molecular weight is 575 g/mol. The van der Waals surface area contributed by atoms with Crippen molar-refractivity contribution in [1.29, 1.82) is 0 Å². The number of benzene rings is 2. The van der Waals surface area contributed by atoms with E-state index in [9.17, 15) is 12.8 Å². The normalized spacial score (nSPS) is 14.9. The summed E-state index contributed by atoms with van der Waals surface area (Å²) in [6.07, 6.45) is 3.35. The fourth-order valence-electron chi connectivity index (χ4n) is 3.59. The van der Waals surface area contributed by atoms with Crippen LogP contribution in [0.5, 0.6) is 5.75 Å². The summed E-state index contributed by atoms with van der Waals surface area (Å²) in [4.78, 5) is 4.58. The van der Waals surface area contributed by atoms with Crippen molar-refractivity contribution < 1.29 is 17.5 Å². The lowest BCUT2D eigenvalue weighted by Crippen LogP contribution is -2.41. The number of hydrogen-bond donors (Lipinski definition) is 2. The summed E-state index contributed by atoms with van der Waals surface area (Å²) in [6.45, 7) is 3.57. The maximum absolute atomic E-state index is 13.8. The number of nitrogens with zero attached hydrogens (tertiary/aromatic N) is 1. The Bertz CT molecular complexity index is 1040. The Hall–Kier alpha value is -1.88. The van der Waals surface area contributed by atoms with E-state index in [1.165, 1.54) is 30.0 Å². The molecule has 9 heteroatoms. The van der Waals surface area contributed by atoms with Gasteiger partial charge in [-0.1, -0.05) is 18.2 Å². The highest BCUT2D eigenvalue weighted by atomic mass is 127. The van der Waals surface area contributed by atoms with Gasteiger partial charge in [0, 0.05) is 24.8 Å². The number of aliphatic imine (C=N–C) groups is 1. The maximum atomic E-state index is 13.8. The molecule has 176 valence electrons. The van der Waals surface area contributed by atoms with Gasteiger partial charge < -0.3 is 15.4 Å². The van der Waals surface area contributed by atoms with E-state index in [0.717, 1.165) is 25.1 Å². The van der Waals surface area contributed by atoms with Crippen LogP contribution in [-0.2, 0) is 27.5 Å². The van der Waals surface area contributed by atoms with Gasteiger partial charge in [-0.3, -0.25) is 0 Å². The van der Waals surface area contributed by atoms with Crippen LogP contribution in [0.25, 0.3) is 0 Å². The Balaban J connectivity index is 0.00000363. The molecular weight excluding hydrogens is 544 g/mol. The molecule has 0 spiro atoms. The number of sulfone groups is 1. The third-order valence-corrected chi connectivity index (χ3v) is 6.32. The number of hydrogen-bond acceptors (Lipinski definition) is 4. The highest BCUT2D eigenvalue weighted by Gasteiger charge is 2.44. The molecule has 0 aliphatic heterocycles. The van der Waals surface area contributed by atoms with Crippen LogP contribution in [0.3, 0.4) is 0 Å². The van der Waals surface area contributed by atoms with Gasteiger partial charge in [-0.15, -0.1) is 24.0 Å². The molecule has 0 radical (unpaired) electrons. The van der Waals surface area contributed by atoms with E-state index in [1.807, 2.05) is 19.1 Å². The standard InChI is InChI=1S/C23H30FN3O3S.HI/c1-4-25-22(26-14-18-13-20(24)8-5-17(18)15-31(3,28)29)27-16-23(11-12-23)19-6-9-21(30-2)10-7-19;/h5-10,13H,4,11-12,14-16H2,1-3H3,(H2,25,26,27);1H. The average Bonchev–Trinajstić information content (AvgIpc) is 3.52. The van der Waals surface area contributed by atoms with E-state index in [4.69, 9.17) is 4.74 Å². The van der Waals surface area contributed by atoms with Crippen LogP contribution >= 0.6 is 24.0 Å². The van der Waals surface area contributed by atoms with E-state index < -0.39 is 15.7 Å². The van der Waals surface area contributed by atoms with Gasteiger partial charge in [0.2, 0.25) is 0 Å². The molecule has 0 unspecified atom stereocenters. The van der Waals surface area contributed by atoms with Crippen molar-refractivity contribution in [3.63, 3.8) is 0 Å². The van der Waals surface area contributed by atoms with Gasteiger partial charge in [0.15, 0.2) is 15.8 Å². The van der Waals surface area contributed by atoms with Crippen molar-refractivity contribution >= 4 is 39.8 Å². The molecule has 0 amide bonds. The molecule has 3 rings (SSSR count). The minimum Gasteiger partial charge on any atom is -0.497 e. The van der Waals surface area contributed by atoms with Crippen LogP contribution in [0.4, 0.5) is 4.39 Å². The molecule has 2 aromatic rings. The fraction of sp³-hybridized carbons (Fsp3) is 0.435. The van der Waals surface area contributed by atoms with Gasteiger partial charge in [-0.2, -0.15) is 0 Å². The second-order valence-electron chi connectivity index (χ2n) is 8.04. The first-order valence-electron chi connectivity index (χ1n) is 10.4. The first kappa shape index (κ1) is 26.4. The Morgan fingerprint density at radius 2 is 1.81 bits per heavy atom. The molecule has 1 fully saturated rings. The van der Waals surface area contributed by atoms with Gasteiger partial charge in [0.25, 0.3) is 0 Å². The Kier molecular flexibility index (Phi) is 9.32. The molecule has 32 heavy (non-hydrogen) atoms. The number of rotatable bonds is 9. The summed E-state index contributed by atoms with van der Waals surface area (Å²) in [5, 5.41) is 6.61. The summed E-state index contributed by atoms with van der Waals surface area (Å²) in [7, 11) is -1.57. The predicted molar refractivity (Wildman–Crippen MR) is 137 cm³/mol. The number of guanidine groups is 1. The van der Waals surface area contributed by atoms with Gasteiger partial charge in [0.05, 0.1) is 19.4 Å². The van der Waals surface area contributed by atoms with Crippen molar-refractivity contribution in [3.05, 3.63) is 65.0 Å². The van der Waals surface area contributed by atoms with Gasteiger partial charge in [-0.25, -0.2) is 17.8 Å². The smallest absolute Gasteiger partial charge is 0.191 e. The highest BCUT2D eigenvalue weighted by Crippen LogP contribution is 2.47. The molecule has 0 atom stereocenters. The molecular formula is C23H31FIN3O3S. The summed E-state index contributed by atoms with van der Waals surface area (Å²) >= 11 is 0. The molecule has 2 aromatic carbocycles. The lowest BCUT2D eigenvalue weighted by Gasteiger charge is -2.19. The molecule has 1 aliphatic rings. The molecule has 1 saturated carbocycles. The summed E-state index contributed by atoms with van der Waals surface area (Å²) in [5.41, 5.74) is 2.47. The minimum atomic E-state index is -3.23. The van der Waals surface area contributed by atoms with Crippen molar-refractivity contribution in [1.82, 2.24) is 10.6 Å². The summed E-state index contributed by atoms with van der Waals surface area (Å²) < 4.78 is 42.4. The van der Waals surface area contributed by atoms with Gasteiger partial charge in [0.1, 0.15) is 11.6 Å². The van der Waals surface area contributed by atoms with E-state index in [-0.39, 0.29) is 41.7 Å². The van der Waals surface area contributed by atoms with Crippen molar-refractivity contribution in [3.8, 4) is 5.75 Å². The maximum Gasteiger partial charge on any atom is 0.191 e. The van der Waals surface area contributed by atoms with Crippen molar-refractivity contribution in [2.45, 2.75) is 37.5 Å². The Labute approximate surface area is 207 Å². The Morgan fingerprint density at radius 1 is 1.12 bits per heavy atom. The zero-order valence-electron chi connectivity index (χ0n) is 18.7. The molecule has 0 saturated heterocycles. The highest BCUT2D eigenvalue weighted by molar-refractivity contribution is 14.0. The third-order valence-electron chi connectivity index (χ3n) is 5.49. The minimum absolute atomic E-state index is 0. The molecule has 0 aromatic heterocycles. The van der Waals surface area contributed by atoms with Gasteiger partial charge >= 0.3 is 0 Å². The van der Waals surface area contributed by atoms with Gasteiger partial charge in [-0.05, 0) is 60.7 Å². The Morgan fingerprint density at radius 3 is 2.38 bits per heavy atom. The molecule has 0 bridgehead atoms. The first-order chi connectivity index (χ1) is 14.7. The summed E-state index contributed by atoms with van der Waals surface area (Å²) in [5.74, 6) is 0.916. The molecule has 6 nitrogen and oxygen atoms in total. The van der Waals surface area contributed by atoms with E-state index >= 15 is 0 Å². The van der Waals surface area contributed by atoms with Crippen molar-refractivity contribution in [2.75, 3.05) is 26.5 Å². The molecule has 2 N–H and O–H groups in total. The second-order valence-corrected chi connectivity index (χ2v) is 10.2. The fourth-order valence-corrected chi connectivity index (χ4v) is 4.43. The summed E-state index contributed by atoms with van der Waals surface area (Å²) in [6, 6.07) is 12.3. The van der Waals surface area contributed by atoms with Crippen LogP contribution in [0.2, 0.25) is 0 Å². The van der Waals surface area contributed by atoms with E-state index in [0.29, 0.717) is 23.6 Å². The number of halogens is 2. The SMILES string of the molecule is CCNC(=NCc1cc(F)ccc1CS(C)(=O)=O)NCC1(c2ccc(OC)cc2)CC1.I. The van der Waals surface area contributed by atoms with Crippen LogP contribution in [0.1, 0.15) is 36.5 Å². The third kappa shape index (κ3) is 7.33. The zero-order chi connectivity index (χ0) is 22.5. The van der Waals surface area contributed by atoms with Crippen molar-refractivity contribution in [2.24, 2.45) is 4.99 Å². The lowest BCUT2D eigenvalue weighted by molar-refractivity contribution is 0.414. The van der Waals surface area contributed by atoms with E-state index in [1.54, 1.807) is 7.11 Å². The number of methoxy groups -OCH3 is 1. The topological polar surface area (TPSA) is 79.8 Å². The van der Waals surface area contributed by atoms with Crippen LogP contribution in [0.15, 0.2) is 47.5 Å². The van der Waals surface area contributed by atoms with E-state index in [2.05, 4.69) is 27.8 Å².